The minimum atomic E-state index is 1.06. The number of anilines is 1. The van der Waals surface area contributed by atoms with Crippen LogP contribution in [0.15, 0.2) is 16.7 Å². The molecule has 0 amide bonds. The molecule has 0 atom stereocenters. The Balaban J connectivity index is 2.22. The molecular formula is C10H13BrN2S. The monoisotopic (exact) mass is 272 g/mol. The Bertz CT molecular complexity index is 324. The molecule has 0 N–H and O–H groups in total. The second-order valence-corrected chi connectivity index (χ2v) is 5.53. The predicted octanol–water partition coefficient (Wildman–Crippen LogP) is 2.71. The summed E-state index contributed by atoms with van der Waals surface area (Å²) in [4.78, 5) is 6.84. The molecule has 0 bridgehead atoms. The third kappa shape index (κ3) is 2.23. The summed E-state index contributed by atoms with van der Waals surface area (Å²) in [5.74, 6) is 3.59. The quantitative estimate of drug-likeness (QED) is 0.782. The standard InChI is InChI=1S/C10H13BrN2S/c1-8-6-9(11)7-12-10(8)13-2-4-14-5-3-13/h6-7H,2-5H2,1H3. The number of aryl methyl sites for hydroxylation is 1. The van der Waals surface area contributed by atoms with Gasteiger partial charge in [-0.05, 0) is 34.5 Å². The molecule has 2 rings (SSSR count). The highest BCUT2D eigenvalue weighted by molar-refractivity contribution is 9.10. The van der Waals surface area contributed by atoms with E-state index >= 15 is 0 Å². The molecule has 2 heterocycles. The van der Waals surface area contributed by atoms with Crippen LogP contribution < -0.4 is 4.90 Å². The SMILES string of the molecule is Cc1cc(Br)cnc1N1CCSCC1. The number of hydrogen-bond acceptors (Lipinski definition) is 3. The van der Waals surface area contributed by atoms with E-state index in [4.69, 9.17) is 0 Å². The van der Waals surface area contributed by atoms with Crippen LogP contribution in [0.5, 0.6) is 0 Å². The number of aromatic nitrogens is 1. The van der Waals surface area contributed by atoms with Gasteiger partial charge in [0, 0.05) is 35.3 Å². The van der Waals surface area contributed by atoms with Crippen LogP contribution in [0.2, 0.25) is 0 Å². The van der Waals surface area contributed by atoms with Gasteiger partial charge in [0.15, 0.2) is 0 Å². The summed E-state index contributed by atoms with van der Waals surface area (Å²) in [6.07, 6.45) is 1.88. The van der Waals surface area contributed by atoms with Gasteiger partial charge in [-0.1, -0.05) is 0 Å². The topological polar surface area (TPSA) is 16.1 Å². The zero-order valence-corrected chi connectivity index (χ0v) is 10.6. The van der Waals surface area contributed by atoms with Crippen molar-refractivity contribution in [3.05, 3.63) is 22.3 Å². The smallest absolute Gasteiger partial charge is 0.131 e. The largest absolute Gasteiger partial charge is 0.355 e. The fraction of sp³-hybridized carbons (Fsp3) is 0.500. The zero-order valence-electron chi connectivity index (χ0n) is 8.16. The van der Waals surface area contributed by atoms with Gasteiger partial charge in [-0.3, -0.25) is 0 Å². The Morgan fingerprint density at radius 3 is 2.79 bits per heavy atom. The van der Waals surface area contributed by atoms with E-state index in [9.17, 15) is 0 Å². The molecule has 1 aliphatic rings. The molecule has 14 heavy (non-hydrogen) atoms. The summed E-state index contributed by atoms with van der Waals surface area (Å²) in [5.41, 5.74) is 1.26. The van der Waals surface area contributed by atoms with E-state index < -0.39 is 0 Å². The number of rotatable bonds is 1. The van der Waals surface area contributed by atoms with Crippen LogP contribution in [0.4, 0.5) is 5.82 Å². The van der Waals surface area contributed by atoms with Gasteiger partial charge in [0.2, 0.25) is 0 Å². The maximum atomic E-state index is 4.47. The number of halogens is 1. The van der Waals surface area contributed by atoms with Gasteiger partial charge in [-0.2, -0.15) is 11.8 Å². The molecule has 0 radical (unpaired) electrons. The summed E-state index contributed by atoms with van der Waals surface area (Å²) in [6.45, 7) is 4.37. The minimum absolute atomic E-state index is 1.06. The lowest BCUT2D eigenvalue weighted by molar-refractivity contribution is 0.833. The van der Waals surface area contributed by atoms with Crippen molar-refractivity contribution in [2.45, 2.75) is 6.92 Å². The third-order valence-corrected chi connectivity index (χ3v) is 3.70. The molecule has 2 nitrogen and oxygen atoms in total. The number of pyridine rings is 1. The van der Waals surface area contributed by atoms with E-state index in [1.54, 1.807) is 0 Å². The van der Waals surface area contributed by atoms with Crippen molar-refractivity contribution in [3.63, 3.8) is 0 Å². The second kappa shape index (κ2) is 4.53. The Hall–Kier alpha value is -0.220. The van der Waals surface area contributed by atoms with Crippen LogP contribution in [0, 0.1) is 6.92 Å². The van der Waals surface area contributed by atoms with Crippen molar-refractivity contribution in [1.29, 1.82) is 0 Å². The highest BCUT2D eigenvalue weighted by Crippen LogP contribution is 2.23. The van der Waals surface area contributed by atoms with Gasteiger partial charge in [-0.15, -0.1) is 0 Å². The van der Waals surface area contributed by atoms with Crippen molar-refractivity contribution in [2.24, 2.45) is 0 Å². The molecule has 1 aromatic rings. The average molecular weight is 273 g/mol. The van der Waals surface area contributed by atoms with Crippen LogP contribution in [-0.2, 0) is 0 Å². The highest BCUT2D eigenvalue weighted by Gasteiger charge is 2.14. The average Bonchev–Trinajstić information content (AvgIpc) is 2.19. The van der Waals surface area contributed by atoms with Crippen molar-refractivity contribution >= 4 is 33.5 Å². The molecule has 0 unspecified atom stereocenters. The van der Waals surface area contributed by atoms with E-state index in [1.165, 1.54) is 17.1 Å². The maximum absolute atomic E-state index is 4.47. The predicted molar refractivity (Wildman–Crippen MR) is 66.2 cm³/mol. The summed E-state index contributed by atoms with van der Waals surface area (Å²) in [6, 6.07) is 2.13. The number of hydrogen-bond donors (Lipinski definition) is 0. The van der Waals surface area contributed by atoms with Gasteiger partial charge in [0.05, 0.1) is 0 Å². The Labute approximate surface area is 97.2 Å². The number of thioether (sulfide) groups is 1. The molecule has 4 heteroatoms. The Morgan fingerprint density at radius 1 is 1.43 bits per heavy atom. The van der Waals surface area contributed by atoms with Crippen molar-refractivity contribution < 1.29 is 0 Å². The summed E-state index contributed by atoms with van der Waals surface area (Å²) in [7, 11) is 0. The Morgan fingerprint density at radius 2 is 2.14 bits per heavy atom. The van der Waals surface area contributed by atoms with Crippen molar-refractivity contribution in [1.82, 2.24) is 4.98 Å². The van der Waals surface area contributed by atoms with E-state index in [0.717, 1.165) is 23.4 Å². The normalized spacial score (nSPS) is 17.1. The first-order valence-electron chi connectivity index (χ1n) is 4.72. The minimum Gasteiger partial charge on any atom is -0.355 e. The molecule has 76 valence electrons. The van der Waals surface area contributed by atoms with E-state index in [2.05, 4.69) is 38.8 Å². The van der Waals surface area contributed by atoms with Gasteiger partial charge in [0.25, 0.3) is 0 Å². The lowest BCUT2D eigenvalue weighted by Gasteiger charge is -2.28. The van der Waals surface area contributed by atoms with Gasteiger partial charge in [0.1, 0.15) is 5.82 Å². The first kappa shape index (κ1) is 10.3. The maximum Gasteiger partial charge on any atom is 0.131 e. The molecule has 1 saturated heterocycles. The lowest BCUT2D eigenvalue weighted by atomic mass is 10.2. The fourth-order valence-electron chi connectivity index (χ4n) is 1.64. The molecule has 1 aliphatic heterocycles. The summed E-state index contributed by atoms with van der Waals surface area (Å²) in [5, 5.41) is 0. The van der Waals surface area contributed by atoms with Crippen LogP contribution in [0.3, 0.4) is 0 Å². The molecule has 1 aromatic heterocycles. The molecule has 0 aliphatic carbocycles. The van der Waals surface area contributed by atoms with Crippen LogP contribution in [0.1, 0.15) is 5.56 Å². The first-order valence-corrected chi connectivity index (χ1v) is 6.67. The molecule has 1 fully saturated rings. The van der Waals surface area contributed by atoms with E-state index in [0.29, 0.717) is 0 Å². The Kier molecular flexibility index (Phi) is 3.34. The number of nitrogens with zero attached hydrogens (tertiary/aromatic N) is 2. The third-order valence-electron chi connectivity index (χ3n) is 2.33. The van der Waals surface area contributed by atoms with Crippen LogP contribution in [0.25, 0.3) is 0 Å². The van der Waals surface area contributed by atoms with Gasteiger partial charge >= 0.3 is 0 Å². The van der Waals surface area contributed by atoms with Gasteiger partial charge < -0.3 is 4.90 Å². The zero-order chi connectivity index (χ0) is 9.97. The first-order chi connectivity index (χ1) is 6.77. The molecular weight excluding hydrogens is 260 g/mol. The van der Waals surface area contributed by atoms with E-state index in [1.807, 2.05) is 18.0 Å². The molecule has 0 spiro atoms. The van der Waals surface area contributed by atoms with Crippen molar-refractivity contribution in [3.8, 4) is 0 Å². The van der Waals surface area contributed by atoms with Gasteiger partial charge in [-0.25, -0.2) is 4.98 Å². The van der Waals surface area contributed by atoms with Crippen LogP contribution >= 0.6 is 27.7 Å². The molecule has 0 saturated carbocycles. The second-order valence-electron chi connectivity index (χ2n) is 3.39. The highest BCUT2D eigenvalue weighted by atomic mass is 79.9. The lowest BCUT2D eigenvalue weighted by Crippen LogP contribution is -2.33. The van der Waals surface area contributed by atoms with Crippen molar-refractivity contribution in [2.75, 3.05) is 29.5 Å². The van der Waals surface area contributed by atoms with Crippen LogP contribution in [-0.4, -0.2) is 29.6 Å². The summed E-state index contributed by atoms with van der Waals surface area (Å²) >= 11 is 5.46. The summed E-state index contributed by atoms with van der Waals surface area (Å²) < 4.78 is 1.06. The fourth-order valence-corrected chi connectivity index (χ4v) is 2.99. The molecule has 0 aromatic carbocycles. The van der Waals surface area contributed by atoms with E-state index in [-0.39, 0.29) is 0 Å².